The van der Waals surface area contributed by atoms with Crippen LogP contribution in [-0.2, 0) is 16.0 Å². The highest BCUT2D eigenvalue weighted by molar-refractivity contribution is 5.80. The third-order valence-electron chi connectivity index (χ3n) is 3.24. The molecule has 0 aromatic heterocycles. The highest BCUT2D eigenvalue weighted by Crippen LogP contribution is 2.18. The molecule has 2 N–H and O–H groups in total. The Kier molecular flexibility index (Phi) is 5.83. The van der Waals surface area contributed by atoms with Crippen molar-refractivity contribution in [2.24, 2.45) is 0 Å². The van der Waals surface area contributed by atoms with E-state index < -0.39 is 0 Å². The van der Waals surface area contributed by atoms with Crippen molar-refractivity contribution < 1.29 is 9.53 Å². The third kappa shape index (κ3) is 5.30. The average Bonchev–Trinajstić information content (AvgIpc) is 2.40. The molecule has 1 amide bonds. The minimum absolute atomic E-state index is 0.0199. The molecule has 0 unspecified atom stereocenters. The number of nitrogens with one attached hydrogen (secondary N) is 2. The lowest BCUT2D eigenvalue weighted by molar-refractivity contribution is -0.119. The first-order valence-corrected chi connectivity index (χ1v) is 6.56. The number of anilines is 1. The fourth-order valence-corrected chi connectivity index (χ4v) is 1.71. The Labute approximate surface area is 115 Å². The van der Waals surface area contributed by atoms with Gasteiger partial charge in [-0.3, -0.25) is 4.79 Å². The molecule has 0 atom stereocenters. The molecule has 1 aromatic carbocycles. The minimum Gasteiger partial charge on any atom is -0.385 e. The van der Waals surface area contributed by atoms with Crippen LogP contribution in [0.2, 0.25) is 0 Å². The molecule has 1 aromatic rings. The van der Waals surface area contributed by atoms with Crippen LogP contribution >= 0.6 is 0 Å². The first-order chi connectivity index (χ1) is 8.98. The van der Waals surface area contributed by atoms with Gasteiger partial charge in [-0.15, -0.1) is 0 Å². The van der Waals surface area contributed by atoms with Gasteiger partial charge in [0.25, 0.3) is 0 Å². The van der Waals surface area contributed by atoms with E-state index >= 15 is 0 Å². The van der Waals surface area contributed by atoms with Crippen molar-refractivity contribution in [3.8, 4) is 0 Å². The Morgan fingerprint density at radius 3 is 2.63 bits per heavy atom. The van der Waals surface area contributed by atoms with Crippen LogP contribution in [0.5, 0.6) is 0 Å². The van der Waals surface area contributed by atoms with Crippen LogP contribution in [0.15, 0.2) is 24.3 Å². The van der Waals surface area contributed by atoms with Gasteiger partial charge < -0.3 is 15.4 Å². The number of carbonyl (C=O) groups is 1. The summed E-state index contributed by atoms with van der Waals surface area (Å²) in [7, 11) is 3.37. The van der Waals surface area contributed by atoms with E-state index in [0.717, 1.165) is 24.2 Å². The third-order valence-corrected chi connectivity index (χ3v) is 3.24. The van der Waals surface area contributed by atoms with E-state index in [9.17, 15) is 4.79 Å². The highest BCUT2D eigenvalue weighted by atomic mass is 16.5. The van der Waals surface area contributed by atoms with Crippen LogP contribution < -0.4 is 10.6 Å². The second-order valence-corrected chi connectivity index (χ2v) is 5.15. The van der Waals surface area contributed by atoms with E-state index in [-0.39, 0.29) is 11.5 Å². The van der Waals surface area contributed by atoms with E-state index in [1.165, 1.54) is 0 Å². The summed E-state index contributed by atoms with van der Waals surface area (Å²) in [5, 5.41) is 6.02. The number of hydrogen-bond donors (Lipinski definition) is 2. The highest BCUT2D eigenvalue weighted by Gasteiger charge is 2.15. The second kappa shape index (κ2) is 7.14. The molecule has 1 rings (SSSR count). The summed E-state index contributed by atoms with van der Waals surface area (Å²) in [6.07, 6.45) is 1.30. The maximum atomic E-state index is 11.5. The van der Waals surface area contributed by atoms with Crippen molar-refractivity contribution in [1.82, 2.24) is 5.32 Å². The molecule has 0 saturated carbocycles. The Hall–Kier alpha value is -1.55. The van der Waals surface area contributed by atoms with Crippen LogP contribution in [0.25, 0.3) is 0 Å². The molecule has 0 fully saturated rings. The normalized spacial score (nSPS) is 11.2. The number of hydrogen-bond acceptors (Lipinski definition) is 3. The largest absolute Gasteiger partial charge is 0.385 e. The molecule has 19 heavy (non-hydrogen) atoms. The fraction of sp³-hybridized carbons (Fsp3) is 0.533. The average molecular weight is 264 g/mol. The topological polar surface area (TPSA) is 50.4 Å². The van der Waals surface area contributed by atoms with Crippen LogP contribution in [0, 0.1) is 0 Å². The quantitative estimate of drug-likeness (QED) is 0.794. The van der Waals surface area contributed by atoms with Gasteiger partial charge in [0.15, 0.2) is 0 Å². The summed E-state index contributed by atoms with van der Waals surface area (Å²) in [5.74, 6) is 0.0199. The zero-order valence-corrected chi connectivity index (χ0v) is 12.2. The van der Waals surface area contributed by atoms with Gasteiger partial charge in [0.05, 0.1) is 12.0 Å². The Morgan fingerprint density at radius 1 is 1.32 bits per heavy atom. The van der Waals surface area contributed by atoms with Gasteiger partial charge >= 0.3 is 0 Å². The predicted molar refractivity (Wildman–Crippen MR) is 78.4 cm³/mol. The van der Waals surface area contributed by atoms with E-state index in [2.05, 4.69) is 24.5 Å². The first kappa shape index (κ1) is 15.5. The zero-order chi connectivity index (χ0) is 14.3. The number of rotatable bonds is 7. The van der Waals surface area contributed by atoms with Crippen molar-refractivity contribution in [3.63, 3.8) is 0 Å². The van der Waals surface area contributed by atoms with Gasteiger partial charge in [-0.1, -0.05) is 18.2 Å². The summed E-state index contributed by atoms with van der Waals surface area (Å²) in [4.78, 5) is 11.5. The molecule has 106 valence electrons. The molecule has 4 heteroatoms. The van der Waals surface area contributed by atoms with E-state index in [1.807, 2.05) is 24.3 Å². The van der Waals surface area contributed by atoms with Crippen molar-refractivity contribution in [2.45, 2.75) is 32.3 Å². The van der Waals surface area contributed by atoms with E-state index in [4.69, 9.17) is 4.74 Å². The van der Waals surface area contributed by atoms with Crippen LogP contribution in [-0.4, -0.2) is 32.2 Å². The SMILES string of the molecule is CNC(=O)Cc1ccccc1NCCC(C)(C)OC. The lowest BCUT2D eigenvalue weighted by Gasteiger charge is -2.23. The predicted octanol–water partition coefficient (Wildman–Crippen LogP) is 2.20. The van der Waals surface area contributed by atoms with E-state index in [1.54, 1.807) is 14.2 Å². The molecule has 0 aliphatic rings. The Bertz CT molecular complexity index is 416. The van der Waals surface area contributed by atoms with Gasteiger partial charge in [0.1, 0.15) is 0 Å². The first-order valence-electron chi connectivity index (χ1n) is 6.56. The number of amides is 1. The zero-order valence-electron chi connectivity index (χ0n) is 12.2. The van der Waals surface area contributed by atoms with Gasteiger partial charge in [-0.05, 0) is 31.9 Å². The number of carbonyl (C=O) groups excluding carboxylic acids is 1. The smallest absolute Gasteiger partial charge is 0.224 e. The number of likely N-dealkylation sites (N-methyl/N-ethyl adjacent to an activating group) is 1. The standard InChI is InChI=1S/C15H24N2O2/c1-15(2,19-4)9-10-17-13-8-6-5-7-12(13)11-14(18)16-3/h5-8,17H,9-11H2,1-4H3,(H,16,18). The van der Waals surface area contributed by atoms with Crippen molar-refractivity contribution in [3.05, 3.63) is 29.8 Å². The molecule has 4 nitrogen and oxygen atoms in total. The summed E-state index contributed by atoms with van der Waals surface area (Å²) in [6.45, 7) is 4.93. The summed E-state index contributed by atoms with van der Waals surface area (Å²) >= 11 is 0. The monoisotopic (exact) mass is 264 g/mol. The van der Waals surface area contributed by atoms with Crippen molar-refractivity contribution in [2.75, 3.05) is 26.0 Å². The maximum Gasteiger partial charge on any atom is 0.224 e. The van der Waals surface area contributed by atoms with Crippen molar-refractivity contribution in [1.29, 1.82) is 0 Å². The summed E-state index contributed by atoms with van der Waals surface area (Å²) in [6, 6.07) is 7.89. The van der Waals surface area contributed by atoms with E-state index in [0.29, 0.717) is 6.42 Å². The maximum absolute atomic E-state index is 11.5. The van der Waals surface area contributed by atoms with Crippen LogP contribution in [0.3, 0.4) is 0 Å². The lowest BCUT2D eigenvalue weighted by atomic mass is 10.0. The summed E-state index contributed by atoms with van der Waals surface area (Å²) in [5.41, 5.74) is 1.89. The van der Waals surface area contributed by atoms with Gasteiger partial charge in [-0.25, -0.2) is 0 Å². The van der Waals surface area contributed by atoms with Gasteiger partial charge in [0, 0.05) is 26.4 Å². The fourth-order valence-electron chi connectivity index (χ4n) is 1.71. The number of benzene rings is 1. The minimum atomic E-state index is -0.136. The Balaban J connectivity index is 2.60. The Morgan fingerprint density at radius 2 is 2.00 bits per heavy atom. The molecule has 0 heterocycles. The van der Waals surface area contributed by atoms with Gasteiger partial charge in [-0.2, -0.15) is 0 Å². The van der Waals surface area contributed by atoms with Gasteiger partial charge in [0.2, 0.25) is 5.91 Å². The molecular formula is C15H24N2O2. The lowest BCUT2D eigenvalue weighted by Crippen LogP contribution is -2.26. The molecule has 0 saturated heterocycles. The summed E-state index contributed by atoms with van der Waals surface area (Å²) < 4.78 is 5.38. The number of methoxy groups -OCH3 is 1. The number of para-hydroxylation sites is 1. The molecule has 0 bridgehead atoms. The molecule has 0 spiro atoms. The van der Waals surface area contributed by atoms with Crippen LogP contribution in [0.4, 0.5) is 5.69 Å². The van der Waals surface area contributed by atoms with Crippen molar-refractivity contribution >= 4 is 11.6 Å². The molecule has 0 radical (unpaired) electrons. The molecule has 0 aliphatic carbocycles. The number of ether oxygens (including phenoxy) is 1. The van der Waals surface area contributed by atoms with Crippen LogP contribution in [0.1, 0.15) is 25.8 Å². The molecular weight excluding hydrogens is 240 g/mol. The molecule has 0 aliphatic heterocycles. The second-order valence-electron chi connectivity index (χ2n) is 5.15.